The van der Waals surface area contributed by atoms with E-state index in [2.05, 4.69) is 9.80 Å². The average molecular weight is 310 g/mol. The minimum absolute atomic E-state index is 0.0647. The quantitative estimate of drug-likeness (QED) is 0.442. The third kappa shape index (κ3) is 4.06. The Morgan fingerprint density at radius 3 is 2.64 bits per heavy atom. The summed E-state index contributed by atoms with van der Waals surface area (Å²) < 4.78 is 4.92. The van der Waals surface area contributed by atoms with Crippen molar-refractivity contribution in [3.63, 3.8) is 0 Å². The second kappa shape index (κ2) is 7.39. The van der Waals surface area contributed by atoms with E-state index in [1.165, 1.54) is 6.07 Å². The Balaban J connectivity index is 1.91. The van der Waals surface area contributed by atoms with Gasteiger partial charge in [-0.2, -0.15) is 0 Å². The number of nitrogens with two attached hydrogens (primary N) is 1. The summed E-state index contributed by atoms with van der Waals surface area (Å²) in [6.45, 7) is 4.13. The standard InChI is InChI=1S/C14H22N4O4/c1-22-10-12(19)9-16-4-6-17(7-5-16)11-2-3-14(18(20)21)13(15)8-11/h2-3,8,12,19H,4-7,9-10,15H2,1H3/t12-/m1/s1. The molecule has 0 aliphatic carbocycles. The van der Waals surface area contributed by atoms with Crippen molar-refractivity contribution < 1.29 is 14.8 Å². The van der Waals surface area contributed by atoms with Gasteiger partial charge in [-0.25, -0.2) is 0 Å². The minimum Gasteiger partial charge on any atom is -0.393 e. The van der Waals surface area contributed by atoms with Crippen molar-refractivity contribution in [3.05, 3.63) is 28.3 Å². The number of aliphatic hydroxyl groups excluding tert-OH is 1. The molecule has 3 N–H and O–H groups in total. The van der Waals surface area contributed by atoms with E-state index in [4.69, 9.17) is 10.5 Å². The van der Waals surface area contributed by atoms with Crippen LogP contribution >= 0.6 is 0 Å². The second-order valence-corrected chi connectivity index (χ2v) is 5.40. The number of hydrogen-bond donors (Lipinski definition) is 2. The largest absolute Gasteiger partial charge is 0.393 e. The van der Waals surface area contributed by atoms with Crippen LogP contribution in [0, 0.1) is 10.1 Å². The summed E-state index contributed by atoms with van der Waals surface area (Å²) in [5, 5.41) is 20.5. The second-order valence-electron chi connectivity index (χ2n) is 5.40. The third-order valence-corrected chi connectivity index (χ3v) is 3.77. The van der Waals surface area contributed by atoms with Crippen molar-refractivity contribution in [2.45, 2.75) is 6.10 Å². The van der Waals surface area contributed by atoms with Crippen LogP contribution in [0.5, 0.6) is 0 Å². The summed E-state index contributed by atoms with van der Waals surface area (Å²) >= 11 is 0. The summed E-state index contributed by atoms with van der Waals surface area (Å²) in [4.78, 5) is 14.6. The van der Waals surface area contributed by atoms with Crippen molar-refractivity contribution in [2.75, 3.05) is 57.1 Å². The van der Waals surface area contributed by atoms with Crippen LogP contribution in [0.4, 0.5) is 17.1 Å². The number of nitrogens with zero attached hydrogens (tertiary/aromatic N) is 3. The van der Waals surface area contributed by atoms with Crippen molar-refractivity contribution in [3.8, 4) is 0 Å². The molecule has 1 heterocycles. The highest BCUT2D eigenvalue weighted by Gasteiger charge is 2.21. The van der Waals surface area contributed by atoms with Crippen LogP contribution in [0.15, 0.2) is 18.2 Å². The molecule has 8 nitrogen and oxygen atoms in total. The first kappa shape index (κ1) is 16.5. The van der Waals surface area contributed by atoms with Gasteiger partial charge in [-0.3, -0.25) is 15.0 Å². The molecule has 1 aliphatic rings. The summed E-state index contributed by atoms with van der Waals surface area (Å²) in [5.41, 5.74) is 6.74. The van der Waals surface area contributed by atoms with Gasteiger partial charge >= 0.3 is 0 Å². The Labute approximate surface area is 129 Å². The molecule has 2 rings (SSSR count). The van der Waals surface area contributed by atoms with Crippen molar-refractivity contribution in [1.82, 2.24) is 4.90 Å². The molecule has 0 saturated carbocycles. The summed E-state index contributed by atoms with van der Waals surface area (Å²) in [5.74, 6) is 0. The van der Waals surface area contributed by atoms with Gasteiger partial charge in [0.1, 0.15) is 5.69 Å². The Bertz CT molecular complexity index is 518. The highest BCUT2D eigenvalue weighted by atomic mass is 16.6. The van der Waals surface area contributed by atoms with Crippen LogP contribution in [-0.4, -0.2) is 67.5 Å². The fourth-order valence-electron chi connectivity index (χ4n) is 2.64. The molecule has 22 heavy (non-hydrogen) atoms. The van der Waals surface area contributed by atoms with E-state index in [9.17, 15) is 15.2 Å². The fraction of sp³-hybridized carbons (Fsp3) is 0.571. The van der Waals surface area contributed by atoms with Crippen molar-refractivity contribution in [1.29, 1.82) is 0 Å². The molecule has 1 fully saturated rings. The van der Waals surface area contributed by atoms with Gasteiger partial charge in [0.05, 0.1) is 17.6 Å². The number of ether oxygens (including phenoxy) is 1. The molecular weight excluding hydrogens is 288 g/mol. The van der Waals surface area contributed by atoms with E-state index in [0.717, 1.165) is 31.9 Å². The lowest BCUT2D eigenvalue weighted by atomic mass is 10.2. The van der Waals surface area contributed by atoms with Crippen LogP contribution in [0.1, 0.15) is 0 Å². The number of methoxy groups -OCH3 is 1. The van der Waals surface area contributed by atoms with Crippen molar-refractivity contribution in [2.24, 2.45) is 0 Å². The van der Waals surface area contributed by atoms with Gasteiger partial charge in [0.2, 0.25) is 0 Å². The molecule has 0 aromatic heterocycles. The van der Waals surface area contributed by atoms with Crippen LogP contribution in [0.2, 0.25) is 0 Å². The van der Waals surface area contributed by atoms with E-state index in [1.54, 1.807) is 19.2 Å². The maximum absolute atomic E-state index is 10.8. The van der Waals surface area contributed by atoms with Gasteiger partial charge in [0, 0.05) is 51.6 Å². The smallest absolute Gasteiger partial charge is 0.292 e. The fourth-order valence-corrected chi connectivity index (χ4v) is 2.64. The molecule has 0 radical (unpaired) electrons. The van der Waals surface area contributed by atoms with E-state index in [-0.39, 0.29) is 11.4 Å². The average Bonchev–Trinajstić information content (AvgIpc) is 2.47. The molecule has 0 amide bonds. The van der Waals surface area contributed by atoms with Gasteiger partial charge in [-0.05, 0) is 12.1 Å². The zero-order valence-corrected chi connectivity index (χ0v) is 12.6. The molecule has 122 valence electrons. The monoisotopic (exact) mass is 310 g/mol. The number of hydrogen-bond acceptors (Lipinski definition) is 7. The SMILES string of the molecule is COC[C@H](O)CN1CCN(c2ccc([N+](=O)[O-])c(N)c2)CC1. The molecule has 1 aromatic rings. The predicted molar refractivity (Wildman–Crippen MR) is 84.0 cm³/mol. The molecule has 1 atom stereocenters. The summed E-state index contributed by atoms with van der Waals surface area (Å²) in [6, 6.07) is 4.82. The highest BCUT2D eigenvalue weighted by Crippen LogP contribution is 2.27. The third-order valence-electron chi connectivity index (χ3n) is 3.77. The van der Waals surface area contributed by atoms with E-state index >= 15 is 0 Å². The molecule has 0 unspecified atom stereocenters. The molecule has 8 heteroatoms. The van der Waals surface area contributed by atoms with E-state index < -0.39 is 11.0 Å². The van der Waals surface area contributed by atoms with Gasteiger partial charge < -0.3 is 20.5 Å². The molecule has 1 aliphatic heterocycles. The lowest BCUT2D eigenvalue weighted by Crippen LogP contribution is -2.49. The van der Waals surface area contributed by atoms with Crippen LogP contribution in [-0.2, 0) is 4.74 Å². The maximum Gasteiger partial charge on any atom is 0.292 e. The van der Waals surface area contributed by atoms with E-state index in [1.807, 2.05) is 0 Å². The molecule has 1 saturated heterocycles. The number of rotatable bonds is 6. The first-order chi connectivity index (χ1) is 10.5. The van der Waals surface area contributed by atoms with Crippen molar-refractivity contribution >= 4 is 17.1 Å². The van der Waals surface area contributed by atoms with Gasteiger partial charge in [-0.15, -0.1) is 0 Å². The number of piperazine rings is 1. The number of benzene rings is 1. The van der Waals surface area contributed by atoms with Gasteiger partial charge in [0.15, 0.2) is 0 Å². The number of β-amino-alcohol motifs (C(OH)–C–C–N with tert-alkyl or cyclic N) is 1. The first-order valence-corrected chi connectivity index (χ1v) is 7.19. The Morgan fingerprint density at radius 1 is 1.41 bits per heavy atom. The number of nitrogen functional groups attached to an aromatic ring is 1. The lowest BCUT2D eigenvalue weighted by molar-refractivity contribution is -0.383. The van der Waals surface area contributed by atoms with E-state index in [0.29, 0.717) is 13.2 Å². The zero-order chi connectivity index (χ0) is 16.1. The highest BCUT2D eigenvalue weighted by molar-refractivity contribution is 5.66. The number of aliphatic hydroxyl groups is 1. The Hall–Kier alpha value is -1.90. The first-order valence-electron chi connectivity index (χ1n) is 7.19. The normalized spacial score (nSPS) is 17.5. The predicted octanol–water partition coefficient (Wildman–Crippen LogP) is 0.306. The van der Waals surface area contributed by atoms with Gasteiger partial charge in [-0.1, -0.05) is 0 Å². The minimum atomic E-state index is -0.480. The van der Waals surface area contributed by atoms with Crippen LogP contribution in [0.25, 0.3) is 0 Å². The lowest BCUT2D eigenvalue weighted by Gasteiger charge is -2.36. The summed E-state index contributed by atoms with van der Waals surface area (Å²) in [6.07, 6.45) is -0.480. The summed E-state index contributed by atoms with van der Waals surface area (Å²) in [7, 11) is 1.57. The Kier molecular flexibility index (Phi) is 5.53. The van der Waals surface area contributed by atoms with Gasteiger partial charge in [0.25, 0.3) is 5.69 Å². The Morgan fingerprint density at radius 2 is 2.09 bits per heavy atom. The topological polar surface area (TPSA) is 105 Å². The number of anilines is 2. The molecule has 0 spiro atoms. The van der Waals surface area contributed by atoms with Crippen LogP contribution in [0.3, 0.4) is 0 Å². The zero-order valence-electron chi connectivity index (χ0n) is 12.6. The molecule has 0 bridgehead atoms. The number of nitro benzene ring substituents is 1. The molecule has 1 aromatic carbocycles. The number of nitro groups is 1. The van der Waals surface area contributed by atoms with Crippen LogP contribution < -0.4 is 10.6 Å². The molecular formula is C14H22N4O4. The maximum atomic E-state index is 10.8.